The number of rotatable bonds is 10. The number of carbonyl (C=O) groups excluding carboxylic acids is 4. The molecule has 2 aliphatic rings. The summed E-state index contributed by atoms with van der Waals surface area (Å²) in [7, 11) is 1.52. The first kappa shape index (κ1) is 25.8. The van der Waals surface area contributed by atoms with E-state index in [-0.39, 0.29) is 31.3 Å². The van der Waals surface area contributed by atoms with Crippen LogP contribution >= 0.6 is 23.4 Å². The Labute approximate surface area is 218 Å². The number of ether oxygens (including phenoxy) is 1. The van der Waals surface area contributed by atoms with Crippen molar-refractivity contribution in [1.82, 2.24) is 15.1 Å². The minimum Gasteiger partial charge on any atom is -0.496 e. The molecule has 188 valence electrons. The number of methoxy groups -OCH3 is 1. The SMILES string of the molecule is COc1ccc(C=O)cc1CN1C(=O)N(CCC(=O)NCCc2ccc(Cl)cc2)C(=O)C2SC=CC21. The second-order valence-corrected chi connectivity index (χ2v) is 9.93. The molecule has 10 heteroatoms. The number of halogens is 1. The summed E-state index contributed by atoms with van der Waals surface area (Å²) in [6.07, 6.45) is 3.22. The van der Waals surface area contributed by atoms with Gasteiger partial charge in [-0.1, -0.05) is 29.8 Å². The van der Waals surface area contributed by atoms with Crippen LogP contribution in [0, 0.1) is 0 Å². The molecule has 2 aromatic carbocycles. The molecule has 0 aromatic heterocycles. The monoisotopic (exact) mass is 527 g/mol. The Bertz CT molecular complexity index is 1190. The minimum absolute atomic E-state index is 0.00533. The van der Waals surface area contributed by atoms with Gasteiger partial charge in [0.1, 0.15) is 17.3 Å². The van der Waals surface area contributed by atoms with E-state index >= 15 is 0 Å². The van der Waals surface area contributed by atoms with E-state index in [1.165, 1.54) is 18.9 Å². The van der Waals surface area contributed by atoms with Crippen molar-refractivity contribution in [3.63, 3.8) is 0 Å². The van der Waals surface area contributed by atoms with Crippen LogP contribution in [0.5, 0.6) is 5.75 Å². The third kappa shape index (κ3) is 5.74. The second kappa shape index (κ2) is 11.6. The normalized spacial score (nSPS) is 18.8. The Morgan fingerprint density at radius 2 is 1.97 bits per heavy atom. The first-order chi connectivity index (χ1) is 17.4. The average Bonchev–Trinajstić information content (AvgIpc) is 3.38. The fraction of sp³-hybridized carbons (Fsp3) is 0.308. The van der Waals surface area contributed by atoms with Crippen LogP contribution in [0.3, 0.4) is 0 Å². The summed E-state index contributed by atoms with van der Waals surface area (Å²) in [5.41, 5.74) is 2.17. The summed E-state index contributed by atoms with van der Waals surface area (Å²) < 4.78 is 5.42. The minimum atomic E-state index is -0.476. The van der Waals surface area contributed by atoms with Crippen molar-refractivity contribution >= 4 is 47.5 Å². The highest BCUT2D eigenvalue weighted by atomic mass is 35.5. The van der Waals surface area contributed by atoms with Crippen molar-refractivity contribution in [3.8, 4) is 5.75 Å². The number of nitrogens with one attached hydrogen (secondary N) is 1. The fourth-order valence-electron chi connectivity index (χ4n) is 4.25. The molecule has 1 N–H and O–H groups in total. The summed E-state index contributed by atoms with van der Waals surface area (Å²) in [5, 5.41) is 4.83. The van der Waals surface area contributed by atoms with Gasteiger partial charge in [0.25, 0.3) is 0 Å². The van der Waals surface area contributed by atoms with Crippen LogP contribution in [0.15, 0.2) is 53.9 Å². The van der Waals surface area contributed by atoms with Crippen molar-refractivity contribution in [2.75, 3.05) is 20.2 Å². The molecule has 2 aliphatic heterocycles. The first-order valence-electron chi connectivity index (χ1n) is 11.5. The van der Waals surface area contributed by atoms with Crippen LogP contribution in [0.1, 0.15) is 27.9 Å². The Morgan fingerprint density at radius 1 is 1.19 bits per heavy atom. The van der Waals surface area contributed by atoms with Gasteiger partial charge in [0.05, 0.1) is 19.7 Å². The number of benzene rings is 2. The second-order valence-electron chi connectivity index (χ2n) is 8.44. The summed E-state index contributed by atoms with van der Waals surface area (Å²) in [6.45, 7) is 0.578. The molecule has 2 aromatic rings. The molecular weight excluding hydrogens is 502 g/mol. The van der Waals surface area contributed by atoms with Gasteiger partial charge in [-0.2, -0.15) is 0 Å². The van der Waals surface area contributed by atoms with Gasteiger partial charge < -0.3 is 15.0 Å². The number of imide groups is 1. The number of aldehydes is 1. The molecule has 0 aliphatic carbocycles. The summed E-state index contributed by atoms with van der Waals surface area (Å²) in [4.78, 5) is 52.9. The molecule has 0 radical (unpaired) electrons. The van der Waals surface area contributed by atoms with E-state index in [1.54, 1.807) is 35.2 Å². The molecule has 0 saturated carbocycles. The lowest BCUT2D eigenvalue weighted by Gasteiger charge is -2.41. The highest BCUT2D eigenvalue weighted by Crippen LogP contribution is 2.36. The van der Waals surface area contributed by atoms with E-state index in [0.717, 1.165) is 16.7 Å². The molecule has 4 rings (SSSR count). The van der Waals surface area contributed by atoms with E-state index in [1.807, 2.05) is 23.6 Å². The highest BCUT2D eigenvalue weighted by molar-refractivity contribution is 8.03. The van der Waals surface area contributed by atoms with E-state index in [4.69, 9.17) is 16.3 Å². The predicted octanol–water partition coefficient (Wildman–Crippen LogP) is 3.67. The maximum Gasteiger partial charge on any atom is 0.327 e. The third-order valence-electron chi connectivity index (χ3n) is 6.15. The predicted molar refractivity (Wildman–Crippen MR) is 138 cm³/mol. The van der Waals surface area contributed by atoms with Crippen molar-refractivity contribution in [2.24, 2.45) is 0 Å². The molecule has 2 unspecified atom stereocenters. The van der Waals surface area contributed by atoms with E-state index in [9.17, 15) is 19.2 Å². The van der Waals surface area contributed by atoms with Crippen molar-refractivity contribution in [2.45, 2.75) is 30.7 Å². The number of carbonyl (C=O) groups is 4. The molecule has 1 saturated heterocycles. The van der Waals surface area contributed by atoms with E-state index in [2.05, 4.69) is 5.32 Å². The molecule has 4 amide bonds. The van der Waals surface area contributed by atoms with E-state index in [0.29, 0.717) is 34.9 Å². The number of urea groups is 1. The zero-order valence-corrected chi connectivity index (χ0v) is 21.3. The topological polar surface area (TPSA) is 96.0 Å². The Hall–Kier alpha value is -3.30. The number of amides is 4. The van der Waals surface area contributed by atoms with Gasteiger partial charge in [-0.15, -0.1) is 11.8 Å². The van der Waals surface area contributed by atoms with Crippen LogP contribution in [0.2, 0.25) is 5.02 Å². The van der Waals surface area contributed by atoms with E-state index < -0.39 is 17.3 Å². The maximum atomic E-state index is 13.4. The summed E-state index contributed by atoms with van der Waals surface area (Å²) in [6, 6.07) is 11.5. The quantitative estimate of drug-likeness (QED) is 0.474. The van der Waals surface area contributed by atoms with Gasteiger partial charge in [0, 0.05) is 35.7 Å². The largest absolute Gasteiger partial charge is 0.496 e. The van der Waals surface area contributed by atoms with Crippen molar-refractivity contribution in [3.05, 3.63) is 75.7 Å². The van der Waals surface area contributed by atoms with Crippen LogP contribution in [-0.4, -0.2) is 65.4 Å². The molecule has 2 atom stereocenters. The molecule has 1 fully saturated rings. The van der Waals surface area contributed by atoms with Gasteiger partial charge in [0.15, 0.2) is 0 Å². The lowest BCUT2D eigenvalue weighted by atomic mass is 10.0. The smallest absolute Gasteiger partial charge is 0.327 e. The average molecular weight is 528 g/mol. The number of hydrogen-bond acceptors (Lipinski definition) is 6. The lowest BCUT2D eigenvalue weighted by molar-refractivity contribution is -0.131. The van der Waals surface area contributed by atoms with Gasteiger partial charge >= 0.3 is 6.03 Å². The van der Waals surface area contributed by atoms with Crippen LogP contribution in [0.4, 0.5) is 4.79 Å². The van der Waals surface area contributed by atoms with Crippen LogP contribution in [0.25, 0.3) is 0 Å². The van der Waals surface area contributed by atoms with Crippen LogP contribution in [-0.2, 0) is 22.6 Å². The summed E-state index contributed by atoms with van der Waals surface area (Å²) >= 11 is 7.25. The summed E-state index contributed by atoms with van der Waals surface area (Å²) in [5.74, 6) is -0.00212. The third-order valence-corrected chi connectivity index (χ3v) is 7.49. The Kier molecular flexibility index (Phi) is 8.32. The molecule has 8 nitrogen and oxygen atoms in total. The van der Waals surface area contributed by atoms with Gasteiger partial charge in [-0.05, 0) is 47.7 Å². The lowest BCUT2D eigenvalue weighted by Crippen LogP contribution is -2.61. The van der Waals surface area contributed by atoms with Crippen molar-refractivity contribution < 1.29 is 23.9 Å². The zero-order valence-electron chi connectivity index (χ0n) is 19.7. The molecule has 36 heavy (non-hydrogen) atoms. The molecule has 0 spiro atoms. The number of hydrogen-bond donors (Lipinski definition) is 1. The van der Waals surface area contributed by atoms with Crippen LogP contribution < -0.4 is 10.1 Å². The van der Waals surface area contributed by atoms with Gasteiger partial charge in [-0.25, -0.2) is 4.79 Å². The number of nitrogens with zero attached hydrogens (tertiary/aromatic N) is 2. The maximum absolute atomic E-state index is 13.4. The standard InChI is InChI=1S/C26H26ClN3O5S/c1-35-22-7-4-18(16-31)14-19(22)15-30-21-10-13-36-24(21)25(33)29(26(30)34)12-9-23(32)28-11-8-17-2-5-20(27)6-3-17/h2-7,10,13-14,16,21,24H,8-9,11-12,15H2,1H3,(H,28,32). The number of thioether (sulfide) groups is 1. The van der Waals surface area contributed by atoms with Gasteiger partial charge in [0.2, 0.25) is 11.8 Å². The van der Waals surface area contributed by atoms with Crippen molar-refractivity contribution in [1.29, 1.82) is 0 Å². The fourth-order valence-corrected chi connectivity index (χ4v) is 5.44. The number of fused-ring (bicyclic) bond motifs is 1. The Morgan fingerprint density at radius 3 is 2.69 bits per heavy atom. The molecular formula is C26H26ClN3O5S. The van der Waals surface area contributed by atoms with Gasteiger partial charge in [-0.3, -0.25) is 19.3 Å². The highest BCUT2D eigenvalue weighted by Gasteiger charge is 2.47. The Balaban J connectivity index is 1.40. The molecule has 2 heterocycles. The molecule has 0 bridgehead atoms. The first-order valence-corrected chi connectivity index (χ1v) is 12.8. The zero-order chi connectivity index (χ0) is 25.7.